The Morgan fingerprint density at radius 2 is 1.94 bits per heavy atom. The van der Waals surface area contributed by atoms with Crippen molar-refractivity contribution in [3.63, 3.8) is 0 Å². The fraction of sp³-hybridized carbons (Fsp3) is 0.344. The van der Waals surface area contributed by atoms with Gasteiger partial charge in [-0.15, -0.1) is 6.42 Å². The highest BCUT2D eigenvalue weighted by Gasteiger charge is 2.34. The predicted octanol–water partition coefficient (Wildman–Crippen LogP) is 4.77. The summed E-state index contributed by atoms with van der Waals surface area (Å²) in [6.07, 6.45) is 8.44. The van der Waals surface area contributed by atoms with E-state index in [9.17, 15) is 22.4 Å². The molecule has 4 N–H and O–H groups in total. The Kier molecular flexibility index (Phi) is 12.5. The topological polar surface area (TPSA) is 139 Å². The number of methoxy groups -OCH3 is 1. The number of pyridine rings is 1. The molecule has 4 rings (SSSR count). The van der Waals surface area contributed by atoms with E-state index in [0.717, 1.165) is 13.2 Å². The number of carbonyl (C=O) groups is 2. The summed E-state index contributed by atoms with van der Waals surface area (Å²) in [5.41, 5.74) is 0.777. The first kappa shape index (κ1) is 36.0. The Bertz CT molecular complexity index is 1760. The first-order valence-corrected chi connectivity index (χ1v) is 17.0. The van der Waals surface area contributed by atoms with Crippen LogP contribution in [0.4, 0.5) is 19.3 Å². The molecule has 2 amide bonds. The summed E-state index contributed by atoms with van der Waals surface area (Å²) in [4.78, 5) is 30.6. The van der Waals surface area contributed by atoms with E-state index in [0.29, 0.717) is 18.4 Å². The Balaban J connectivity index is 1.67. The molecule has 10 nitrogen and oxygen atoms in total. The van der Waals surface area contributed by atoms with E-state index >= 15 is 4.39 Å². The van der Waals surface area contributed by atoms with Crippen molar-refractivity contribution in [3.05, 3.63) is 93.2 Å². The molecule has 1 aliphatic heterocycles. The fourth-order valence-corrected chi connectivity index (χ4v) is 7.02. The summed E-state index contributed by atoms with van der Waals surface area (Å²) in [6.45, 7) is 0.211. The minimum absolute atomic E-state index is 0.0248. The average Bonchev–Trinajstić information content (AvgIpc) is 3.10. The second-order valence-electron chi connectivity index (χ2n) is 10.9. The zero-order chi connectivity index (χ0) is 34.1. The quantitative estimate of drug-likeness (QED) is 0.235. The summed E-state index contributed by atoms with van der Waals surface area (Å²) < 4.78 is 62.6. The van der Waals surface area contributed by atoms with Gasteiger partial charge in [0.25, 0.3) is 0 Å². The molecule has 47 heavy (non-hydrogen) atoms. The zero-order valence-corrected chi connectivity index (χ0v) is 27.6. The van der Waals surface area contributed by atoms with Crippen LogP contribution in [0, 0.1) is 24.0 Å². The molecule has 2 heterocycles. The number of terminal acetylenes is 1. The van der Waals surface area contributed by atoms with Crippen molar-refractivity contribution in [2.24, 2.45) is 0 Å². The highest BCUT2D eigenvalue weighted by molar-refractivity contribution is 7.89. The van der Waals surface area contributed by atoms with Crippen LogP contribution in [0.5, 0.6) is 0 Å². The summed E-state index contributed by atoms with van der Waals surface area (Å²) in [5, 5.41) is 8.41. The van der Waals surface area contributed by atoms with E-state index in [1.807, 2.05) is 0 Å². The summed E-state index contributed by atoms with van der Waals surface area (Å²) in [7, 11) is -2.50. The van der Waals surface area contributed by atoms with Crippen LogP contribution in [0.25, 0.3) is 0 Å². The van der Waals surface area contributed by atoms with Crippen LogP contribution in [0.15, 0.2) is 54.9 Å². The second-order valence-corrected chi connectivity index (χ2v) is 13.6. The highest BCUT2D eigenvalue weighted by Crippen LogP contribution is 2.33. The van der Waals surface area contributed by atoms with Crippen LogP contribution in [0.1, 0.15) is 41.9 Å². The molecule has 1 aromatic heterocycles. The first-order chi connectivity index (χ1) is 22.4. The number of sulfonamides is 1. The van der Waals surface area contributed by atoms with Gasteiger partial charge in [0, 0.05) is 42.1 Å². The van der Waals surface area contributed by atoms with Gasteiger partial charge >= 0.3 is 6.09 Å². The number of halogens is 4. The highest BCUT2D eigenvalue weighted by atomic mass is 35.5. The number of nitrogens with zero attached hydrogens (tertiary/aromatic N) is 1. The Morgan fingerprint density at radius 1 is 1.15 bits per heavy atom. The minimum Gasteiger partial charge on any atom is -0.453 e. The lowest BCUT2D eigenvalue weighted by Crippen LogP contribution is -2.48. The van der Waals surface area contributed by atoms with E-state index in [1.165, 1.54) is 48.8 Å². The Hall–Kier alpha value is -3.80. The smallest absolute Gasteiger partial charge is 0.407 e. The molecule has 2 unspecified atom stereocenters. The number of rotatable bonds is 9. The van der Waals surface area contributed by atoms with Gasteiger partial charge in [0.2, 0.25) is 15.9 Å². The van der Waals surface area contributed by atoms with Crippen LogP contribution >= 0.6 is 23.2 Å². The van der Waals surface area contributed by atoms with E-state index < -0.39 is 51.7 Å². The molecular formula is C32H33Cl2F2N5O5S. The lowest BCUT2D eigenvalue weighted by molar-refractivity contribution is -0.118. The number of anilines is 1. The lowest BCUT2D eigenvalue weighted by Gasteiger charge is -2.28. The van der Waals surface area contributed by atoms with Gasteiger partial charge in [-0.05, 0) is 67.1 Å². The van der Waals surface area contributed by atoms with Gasteiger partial charge in [-0.1, -0.05) is 41.3 Å². The monoisotopic (exact) mass is 707 g/mol. The lowest BCUT2D eigenvalue weighted by atomic mass is 9.85. The normalized spacial score (nSPS) is 19.1. The van der Waals surface area contributed by atoms with Gasteiger partial charge in [0.05, 0.1) is 28.9 Å². The number of amides is 2. The zero-order valence-electron chi connectivity index (χ0n) is 25.2. The molecule has 0 aliphatic carbocycles. The maximum Gasteiger partial charge on any atom is 0.407 e. The van der Waals surface area contributed by atoms with Crippen LogP contribution < -0.4 is 20.7 Å². The van der Waals surface area contributed by atoms with Gasteiger partial charge in [0.15, 0.2) is 0 Å². The molecule has 4 atom stereocenters. The molecule has 0 radical (unpaired) electrons. The van der Waals surface area contributed by atoms with Crippen LogP contribution in [0.2, 0.25) is 10.0 Å². The SMILES string of the molecule is C#CC1CCCS(=O)(=O)NC(CCc2c(F)cccc2NC(=O)[C@@H](NC(=O)OC)[C@H](c2cncc(Cl)c2)c2ccc(Cl)c(F)c2)CN1. The largest absolute Gasteiger partial charge is 0.453 e. The van der Waals surface area contributed by atoms with Crippen LogP contribution in [-0.4, -0.2) is 62.9 Å². The minimum atomic E-state index is -3.61. The number of carbonyl (C=O) groups excluding carboxylic acids is 2. The van der Waals surface area contributed by atoms with Gasteiger partial charge in [0.1, 0.15) is 17.7 Å². The van der Waals surface area contributed by atoms with Gasteiger partial charge in [-0.25, -0.2) is 26.7 Å². The summed E-state index contributed by atoms with van der Waals surface area (Å²) >= 11 is 12.1. The maximum absolute atomic E-state index is 15.3. The number of hydrogen-bond donors (Lipinski definition) is 4. The van der Waals surface area contributed by atoms with Crippen molar-refractivity contribution in [2.75, 3.05) is 24.7 Å². The molecule has 250 valence electrons. The molecule has 1 fully saturated rings. The number of nitrogens with one attached hydrogen (secondary N) is 4. The van der Waals surface area contributed by atoms with Crippen molar-refractivity contribution < 1.29 is 31.5 Å². The van der Waals surface area contributed by atoms with Crippen molar-refractivity contribution in [3.8, 4) is 12.3 Å². The third-order valence-corrected chi connectivity index (χ3v) is 9.68. The van der Waals surface area contributed by atoms with E-state index in [2.05, 4.69) is 31.6 Å². The van der Waals surface area contributed by atoms with Gasteiger partial charge in [-0.2, -0.15) is 0 Å². The molecule has 2 aromatic carbocycles. The third-order valence-electron chi connectivity index (χ3n) is 7.65. The molecule has 0 spiro atoms. The van der Waals surface area contributed by atoms with Gasteiger partial charge in [-0.3, -0.25) is 9.78 Å². The average molecular weight is 709 g/mol. The number of hydrogen-bond acceptors (Lipinski definition) is 7. The number of aromatic nitrogens is 1. The van der Waals surface area contributed by atoms with Crippen molar-refractivity contribution in [1.82, 2.24) is 20.3 Å². The number of ether oxygens (including phenoxy) is 1. The Morgan fingerprint density at radius 3 is 2.64 bits per heavy atom. The molecule has 0 saturated carbocycles. The Labute approximate surface area is 282 Å². The molecule has 3 aromatic rings. The third kappa shape index (κ3) is 9.85. The summed E-state index contributed by atoms with van der Waals surface area (Å²) in [6, 6.07) is 7.12. The van der Waals surface area contributed by atoms with Crippen molar-refractivity contribution in [1.29, 1.82) is 0 Å². The fourth-order valence-electron chi connectivity index (χ4n) is 5.35. The summed E-state index contributed by atoms with van der Waals surface area (Å²) in [5.74, 6) is -0.758. The van der Waals surface area contributed by atoms with Crippen molar-refractivity contribution in [2.45, 2.75) is 49.7 Å². The van der Waals surface area contributed by atoms with Crippen molar-refractivity contribution >= 4 is 50.9 Å². The standard InChI is InChI=1S/C32H33Cl2F2N5O5S/c1-3-22-6-5-13-47(44,45)41-23(18-38-22)10-11-24-26(35)7-4-8-28(24)39-31(42)30(40-32(43)46-2)29(20-14-21(33)17-37-16-20)19-9-12-25(34)27(36)15-19/h1,4,7-9,12,14-17,22-23,29-30,38,41H,5-6,10-11,13,18H2,2H3,(H,39,42)(H,40,43)/t22?,23?,29-,30-/m0/s1. The van der Waals surface area contributed by atoms with Gasteiger partial charge < -0.3 is 20.7 Å². The molecule has 15 heteroatoms. The van der Waals surface area contributed by atoms with E-state index in [1.54, 1.807) is 0 Å². The van der Waals surface area contributed by atoms with E-state index in [4.69, 9.17) is 34.4 Å². The first-order valence-electron chi connectivity index (χ1n) is 14.6. The van der Waals surface area contributed by atoms with Crippen LogP contribution in [-0.2, 0) is 26.0 Å². The molecule has 1 aliphatic rings. The van der Waals surface area contributed by atoms with Crippen LogP contribution in [0.3, 0.4) is 0 Å². The number of alkyl carbamates (subject to hydrolysis) is 1. The molecular weight excluding hydrogens is 675 g/mol. The van der Waals surface area contributed by atoms with E-state index in [-0.39, 0.29) is 58.0 Å². The number of benzene rings is 2. The predicted molar refractivity (Wildman–Crippen MR) is 176 cm³/mol. The molecule has 0 bridgehead atoms. The molecule has 1 saturated heterocycles. The maximum atomic E-state index is 15.3. The second kappa shape index (κ2) is 16.3.